The minimum Gasteiger partial charge on any atom is -0.310 e. The fraction of sp³-hybridized carbons (Fsp3) is 0.0154. The van der Waals surface area contributed by atoms with Crippen LogP contribution in [-0.2, 0) is 5.41 Å². The summed E-state index contributed by atoms with van der Waals surface area (Å²) in [5.74, 6) is 0. The van der Waals surface area contributed by atoms with Crippen LogP contribution in [0.15, 0.2) is 261 Å². The topological polar surface area (TPSA) is 11.4 Å². The van der Waals surface area contributed by atoms with E-state index in [1.807, 2.05) is 0 Å². The Morgan fingerprint density at radius 3 is 1.57 bits per heavy atom. The first kappa shape index (κ1) is 38.4. The summed E-state index contributed by atoms with van der Waals surface area (Å²) in [6.07, 6.45) is 0. The molecular formula is C65H43N3. The predicted molar refractivity (Wildman–Crippen MR) is 284 cm³/mol. The van der Waals surface area contributed by atoms with Gasteiger partial charge in [0.15, 0.2) is 0 Å². The van der Waals surface area contributed by atoms with Crippen molar-refractivity contribution in [2.24, 2.45) is 0 Å². The van der Waals surface area contributed by atoms with E-state index in [9.17, 15) is 0 Å². The van der Waals surface area contributed by atoms with E-state index in [0.29, 0.717) is 0 Å². The van der Waals surface area contributed by atoms with Crippen molar-refractivity contribution in [3.8, 4) is 27.9 Å². The number of aromatic nitrogens is 1. The highest BCUT2D eigenvalue weighted by Gasteiger charge is 2.53. The number of anilines is 6. The Kier molecular flexibility index (Phi) is 8.50. The number of fused-ring (bicyclic) bond motifs is 14. The average molecular weight is 866 g/mol. The van der Waals surface area contributed by atoms with Gasteiger partial charge in [-0.25, -0.2) is 0 Å². The lowest BCUT2D eigenvalue weighted by molar-refractivity contribution is 0.793. The third kappa shape index (κ3) is 5.47. The van der Waals surface area contributed by atoms with Crippen LogP contribution in [0, 0.1) is 0 Å². The first-order valence-electron chi connectivity index (χ1n) is 23.5. The van der Waals surface area contributed by atoms with Crippen LogP contribution in [0.2, 0.25) is 0 Å². The number of benzene rings is 11. The normalized spacial score (nSPS) is 14.2. The quantitative estimate of drug-likeness (QED) is 0.158. The van der Waals surface area contributed by atoms with Crippen LogP contribution in [0.4, 0.5) is 34.1 Å². The van der Waals surface area contributed by atoms with E-state index in [1.165, 1.54) is 77.1 Å². The van der Waals surface area contributed by atoms with Crippen LogP contribution in [0.3, 0.4) is 0 Å². The van der Waals surface area contributed by atoms with Crippen molar-refractivity contribution in [2.75, 3.05) is 9.80 Å². The maximum absolute atomic E-state index is 2.51. The molecule has 0 N–H and O–H groups in total. The molecule has 11 aromatic carbocycles. The Morgan fingerprint density at radius 1 is 0.294 bits per heavy atom. The Morgan fingerprint density at radius 2 is 0.809 bits per heavy atom. The highest BCUT2D eigenvalue weighted by molar-refractivity contribution is 6.11. The molecule has 0 amide bonds. The molecule has 12 aromatic rings. The minimum absolute atomic E-state index is 0.645. The van der Waals surface area contributed by atoms with Crippen molar-refractivity contribution in [1.82, 2.24) is 4.57 Å². The van der Waals surface area contributed by atoms with Crippen molar-refractivity contribution >= 4 is 66.7 Å². The molecule has 1 unspecified atom stereocenters. The molecule has 1 heterocycles. The van der Waals surface area contributed by atoms with E-state index in [4.69, 9.17) is 0 Å². The lowest BCUT2D eigenvalue weighted by Crippen LogP contribution is -2.28. The molecule has 0 radical (unpaired) electrons. The van der Waals surface area contributed by atoms with Crippen molar-refractivity contribution in [3.63, 3.8) is 0 Å². The van der Waals surface area contributed by atoms with E-state index < -0.39 is 5.41 Å². The molecule has 1 aromatic heterocycles. The molecule has 0 saturated carbocycles. The third-order valence-electron chi connectivity index (χ3n) is 14.5. The molecule has 0 aliphatic heterocycles. The predicted octanol–water partition coefficient (Wildman–Crippen LogP) is 17.2. The molecule has 0 bridgehead atoms. The monoisotopic (exact) mass is 865 g/mol. The van der Waals surface area contributed by atoms with Gasteiger partial charge < -0.3 is 14.4 Å². The van der Waals surface area contributed by atoms with Gasteiger partial charge in [0.25, 0.3) is 0 Å². The zero-order valence-corrected chi connectivity index (χ0v) is 37.2. The Hall–Kier alpha value is -8.92. The second-order valence-electron chi connectivity index (χ2n) is 18.0. The van der Waals surface area contributed by atoms with E-state index in [0.717, 1.165) is 39.8 Å². The lowest BCUT2D eigenvalue weighted by Gasteiger charge is -2.36. The smallest absolute Gasteiger partial charge is 0.0746 e. The number of rotatable bonds is 7. The zero-order valence-electron chi connectivity index (χ0n) is 37.2. The van der Waals surface area contributed by atoms with E-state index in [-0.39, 0.29) is 0 Å². The summed E-state index contributed by atoms with van der Waals surface area (Å²) in [6.45, 7) is 0. The van der Waals surface area contributed by atoms with Gasteiger partial charge in [-0.15, -0.1) is 0 Å². The van der Waals surface area contributed by atoms with Crippen LogP contribution in [-0.4, -0.2) is 4.57 Å². The van der Waals surface area contributed by atoms with E-state index >= 15 is 0 Å². The summed E-state index contributed by atoms with van der Waals surface area (Å²) < 4.78 is 2.41. The summed E-state index contributed by atoms with van der Waals surface area (Å²) in [4.78, 5) is 4.96. The van der Waals surface area contributed by atoms with Gasteiger partial charge in [-0.2, -0.15) is 0 Å². The molecule has 1 atom stereocenters. The van der Waals surface area contributed by atoms with Gasteiger partial charge >= 0.3 is 0 Å². The van der Waals surface area contributed by atoms with E-state index in [2.05, 4.69) is 275 Å². The molecule has 0 fully saturated rings. The largest absolute Gasteiger partial charge is 0.310 e. The van der Waals surface area contributed by atoms with Gasteiger partial charge in [-0.05, 0) is 123 Å². The SMILES string of the molecule is c1ccc(N(c2ccc3c(c2)C2(c4ccccc4-3)c3ccccc3-c3cccc(N(c4ccccc4)c4cccc5ccccc45)c32)c2ccc3c4ccccc4n(-c4ccccc4)c3c2)cc1. The summed E-state index contributed by atoms with van der Waals surface area (Å²) in [7, 11) is 0. The molecule has 2 aliphatic carbocycles. The number of para-hydroxylation sites is 4. The second kappa shape index (κ2) is 15.1. The maximum atomic E-state index is 2.51. The summed E-state index contributed by atoms with van der Waals surface area (Å²) in [5, 5.41) is 4.88. The highest BCUT2D eigenvalue weighted by Crippen LogP contribution is 2.66. The molecule has 318 valence electrons. The molecule has 3 heteroatoms. The summed E-state index contributed by atoms with van der Waals surface area (Å²) >= 11 is 0. The van der Waals surface area contributed by atoms with Crippen LogP contribution < -0.4 is 9.80 Å². The Bertz CT molecular complexity index is 3910. The molecule has 14 rings (SSSR count). The van der Waals surface area contributed by atoms with Crippen molar-refractivity contribution in [3.05, 3.63) is 283 Å². The van der Waals surface area contributed by atoms with Gasteiger partial charge in [0.1, 0.15) is 0 Å². The van der Waals surface area contributed by atoms with Crippen molar-refractivity contribution in [1.29, 1.82) is 0 Å². The molecule has 1 spiro atoms. The molecule has 2 aliphatic rings. The van der Waals surface area contributed by atoms with Gasteiger partial charge in [0, 0.05) is 50.2 Å². The van der Waals surface area contributed by atoms with Gasteiger partial charge in [-0.1, -0.05) is 182 Å². The molecule has 68 heavy (non-hydrogen) atoms. The number of nitrogens with zero attached hydrogens (tertiary/aromatic N) is 3. The first-order chi connectivity index (χ1) is 33.8. The van der Waals surface area contributed by atoms with Crippen LogP contribution in [0.5, 0.6) is 0 Å². The van der Waals surface area contributed by atoms with Gasteiger partial charge in [0.05, 0.1) is 27.8 Å². The summed E-state index contributed by atoms with van der Waals surface area (Å²) in [6, 6.07) is 96.2. The standard InChI is InChI=1S/C65H43N3/c1-4-22-45(23-5-1)66(49-39-41-55-54-31-14-17-35-61(54)68(63(55)43-49)47-26-8-3-9-27-47)48-38-40-53-51-29-12-15-33-57(51)65(59(53)42-48)58-34-16-13-30-52(58)56-32-19-37-62(64(56)65)67(46-24-6-2-7-25-46)60-36-18-21-44-20-10-11-28-50(44)60/h1-43H. The summed E-state index contributed by atoms with van der Waals surface area (Å²) in [5.41, 5.74) is 19.8. The second-order valence-corrected chi connectivity index (χ2v) is 18.0. The minimum atomic E-state index is -0.645. The molecule has 0 saturated heterocycles. The molecule has 3 nitrogen and oxygen atoms in total. The average Bonchev–Trinajstić information content (AvgIpc) is 4.01. The van der Waals surface area contributed by atoms with Gasteiger partial charge in [-0.3, -0.25) is 0 Å². The maximum Gasteiger partial charge on any atom is 0.0746 e. The fourth-order valence-corrected chi connectivity index (χ4v) is 11.9. The fourth-order valence-electron chi connectivity index (χ4n) is 11.9. The first-order valence-corrected chi connectivity index (χ1v) is 23.5. The number of hydrogen-bond acceptors (Lipinski definition) is 2. The van der Waals surface area contributed by atoms with Crippen LogP contribution in [0.1, 0.15) is 22.3 Å². The Labute approximate surface area is 395 Å². The van der Waals surface area contributed by atoms with Crippen LogP contribution in [0.25, 0.3) is 60.5 Å². The highest BCUT2D eigenvalue weighted by atomic mass is 15.2. The Balaban J connectivity index is 1.05. The van der Waals surface area contributed by atoms with E-state index in [1.54, 1.807) is 0 Å². The zero-order chi connectivity index (χ0) is 44.8. The lowest BCUT2D eigenvalue weighted by atomic mass is 9.69. The molecular weight excluding hydrogens is 823 g/mol. The van der Waals surface area contributed by atoms with Crippen molar-refractivity contribution in [2.45, 2.75) is 5.41 Å². The van der Waals surface area contributed by atoms with Crippen molar-refractivity contribution < 1.29 is 0 Å². The van der Waals surface area contributed by atoms with Gasteiger partial charge in [0.2, 0.25) is 0 Å². The van der Waals surface area contributed by atoms with Crippen LogP contribution >= 0.6 is 0 Å². The third-order valence-corrected chi connectivity index (χ3v) is 14.5. The number of hydrogen-bond donors (Lipinski definition) is 0.